The largest absolute Gasteiger partial charge is 0.303 e. The first kappa shape index (κ1) is 14.6. The van der Waals surface area contributed by atoms with Crippen molar-refractivity contribution in [3.8, 4) is 6.07 Å². The number of nitriles is 1. The van der Waals surface area contributed by atoms with E-state index >= 15 is 0 Å². The second-order valence-corrected chi connectivity index (χ2v) is 5.83. The SMILES string of the molecule is CN(C)[C@@H]1CN(Cc2ccc(C#N)cn2)C[C@@H]1n1ccnn1. The van der Waals surface area contributed by atoms with Crippen LogP contribution in [0, 0.1) is 11.3 Å². The summed E-state index contributed by atoms with van der Waals surface area (Å²) in [4.78, 5) is 8.96. The minimum atomic E-state index is 0.288. The average Bonchev–Trinajstić information content (AvgIpc) is 3.16. The lowest BCUT2D eigenvalue weighted by molar-refractivity contribution is 0.237. The van der Waals surface area contributed by atoms with Crippen LogP contribution in [0.4, 0.5) is 0 Å². The van der Waals surface area contributed by atoms with Crippen molar-refractivity contribution in [3.63, 3.8) is 0 Å². The zero-order valence-corrected chi connectivity index (χ0v) is 12.8. The molecule has 2 atom stereocenters. The number of hydrogen-bond acceptors (Lipinski definition) is 6. The number of hydrogen-bond donors (Lipinski definition) is 0. The second kappa shape index (κ2) is 6.22. The Kier molecular flexibility index (Phi) is 4.13. The molecule has 7 nitrogen and oxygen atoms in total. The van der Waals surface area contributed by atoms with E-state index in [2.05, 4.69) is 45.3 Å². The van der Waals surface area contributed by atoms with Gasteiger partial charge in [0.2, 0.25) is 0 Å². The van der Waals surface area contributed by atoms with Crippen LogP contribution in [0.2, 0.25) is 0 Å². The highest BCUT2D eigenvalue weighted by Gasteiger charge is 2.35. The van der Waals surface area contributed by atoms with Crippen LogP contribution in [-0.2, 0) is 6.54 Å². The topological polar surface area (TPSA) is 73.9 Å². The zero-order chi connectivity index (χ0) is 15.5. The molecule has 0 aromatic carbocycles. The fourth-order valence-corrected chi connectivity index (χ4v) is 2.95. The standard InChI is InChI=1S/C15H19N7/c1-20(2)14-10-21(11-15(14)22-6-5-18-19-22)9-13-4-3-12(7-16)8-17-13/h3-6,8,14-15H,9-11H2,1-2H3/t14-,15+/m1/s1. The molecule has 0 unspecified atom stereocenters. The van der Waals surface area contributed by atoms with Gasteiger partial charge in [-0.3, -0.25) is 9.88 Å². The molecule has 0 bridgehead atoms. The van der Waals surface area contributed by atoms with Gasteiger partial charge in [0.15, 0.2) is 0 Å². The molecule has 114 valence electrons. The maximum absolute atomic E-state index is 8.83. The van der Waals surface area contributed by atoms with Gasteiger partial charge in [0.1, 0.15) is 6.07 Å². The van der Waals surface area contributed by atoms with E-state index in [-0.39, 0.29) is 6.04 Å². The molecule has 0 saturated carbocycles. The van der Waals surface area contributed by atoms with Crippen LogP contribution in [0.25, 0.3) is 0 Å². The van der Waals surface area contributed by atoms with Crippen molar-refractivity contribution in [3.05, 3.63) is 42.0 Å². The zero-order valence-electron chi connectivity index (χ0n) is 12.8. The number of aromatic nitrogens is 4. The van der Waals surface area contributed by atoms with E-state index in [9.17, 15) is 0 Å². The number of rotatable bonds is 4. The summed E-state index contributed by atoms with van der Waals surface area (Å²) in [5, 5.41) is 16.9. The number of pyridine rings is 1. The van der Waals surface area contributed by atoms with Crippen LogP contribution < -0.4 is 0 Å². The maximum atomic E-state index is 8.83. The van der Waals surface area contributed by atoms with Crippen LogP contribution in [0.15, 0.2) is 30.7 Å². The Balaban J connectivity index is 1.71. The van der Waals surface area contributed by atoms with E-state index in [1.807, 2.05) is 23.0 Å². The van der Waals surface area contributed by atoms with E-state index in [4.69, 9.17) is 5.26 Å². The van der Waals surface area contributed by atoms with Crippen LogP contribution in [0.5, 0.6) is 0 Å². The van der Waals surface area contributed by atoms with Crippen LogP contribution in [0.1, 0.15) is 17.3 Å². The summed E-state index contributed by atoms with van der Waals surface area (Å²) in [7, 11) is 4.19. The van der Waals surface area contributed by atoms with Crippen LogP contribution >= 0.6 is 0 Å². The Bertz CT molecular complexity index is 642. The molecule has 2 aromatic rings. The van der Waals surface area contributed by atoms with Gasteiger partial charge in [0.25, 0.3) is 0 Å². The molecule has 2 aromatic heterocycles. The quantitative estimate of drug-likeness (QED) is 0.819. The molecular formula is C15H19N7. The third-order valence-corrected chi connectivity index (χ3v) is 4.12. The summed E-state index contributed by atoms with van der Waals surface area (Å²) in [6, 6.07) is 6.51. The van der Waals surface area contributed by atoms with Crippen molar-refractivity contribution >= 4 is 0 Å². The third-order valence-electron chi connectivity index (χ3n) is 4.12. The van der Waals surface area contributed by atoms with Gasteiger partial charge >= 0.3 is 0 Å². The molecule has 3 heterocycles. The minimum absolute atomic E-state index is 0.288. The summed E-state index contributed by atoms with van der Waals surface area (Å²) >= 11 is 0. The van der Waals surface area contributed by atoms with Crippen molar-refractivity contribution in [1.29, 1.82) is 5.26 Å². The predicted octanol–water partition coefficient (Wildman–Crippen LogP) is 0.532. The summed E-state index contributed by atoms with van der Waals surface area (Å²) in [6.45, 7) is 2.65. The molecular weight excluding hydrogens is 278 g/mol. The van der Waals surface area contributed by atoms with Gasteiger partial charge in [-0.25, -0.2) is 4.68 Å². The smallest absolute Gasteiger partial charge is 0.101 e. The van der Waals surface area contributed by atoms with Gasteiger partial charge in [0, 0.05) is 38.1 Å². The Morgan fingerprint density at radius 3 is 2.82 bits per heavy atom. The molecule has 0 amide bonds. The van der Waals surface area contributed by atoms with Crippen molar-refractivity contribution < 1.29 is 0 Å². The summed E-state index contributed by atoms with van der Waals surface area (Å²) in [6.07, 6.45) is 5.27. The van der Waals surface area contributed by atoms with Crippen molar-refractivity contribution in [2.75, 3.05) is 27.2 Å². The molecule has 1 fully saturated rings. The Labute approximate surface area is 129 Å². The predicted molar refractivity (Wildman–Crippen MR) is 80.8 cm³/mol. The van der Waals surface area contributed by atoms with Crippen LogP contribution in [-0.4, -0.2) is 63.0 Å². The van der Waals surface area contributed by atoms with Gasteiger partial charge in [-0.05, 0) is 26.2 Å². The lowest BCUT2D eigenvalue weighted by Gasteiger charge is -2.24. The summed E-state index contributed by atoms with van der Waals surface area (Å²) in [5.41, 5.74) is 1.58. The first-order valence-corrected chi connectivity index (χ1v) is 7.27. The molecule has 0 radical (unpaired) electrons. The summed E-state index contributed by atoms with van der Waals surface area (Å²) in [5.74, 6) is 0. The third kappa shape index (κ3) is 2.98. The highest BCUT2D eigenvalue weighted by Crippen LogP contribution is 2.25. The molecule has 1 aliphatic heterocycles. The molecule has 0 N–H and O–H groups in total. The average molecular weight is 297 g/mol. The van der Waals surface area contributed by atoms with Gasteiger partial charge < -0.3 is 4.90 Å². The number of likely N-dealkylation sites (tertiary alicyclic amines) is 1. The fourth-order valence-electron chi connectivity index (χ4n) is 2.95. The molecule has 3 rings (SSSR count). The Hall–Kier alpha value is -2.30. The van der Waals surface area contributed by atoms with E-state index < -0.39 is 0 Å². The Morgan fingerprint density at radius 1 is 1.36 bits per heavy atom. The van der Waals surface area contributed by atoms with Gasteiger partial charge in [-0.15, -0.1) is 5.10 Å². The van der Waals surface area contributed by atoms with E-state index in [0.29, 0.717) is 11.6 Å². The van der Waals surface area contributed by atoms with E-state index in [1.54, 1.807) is 12.4 Å². The summed E-state index contributed by atoms with van der Waals surface area (Å²) < 4.78 is 1.94. The lowest BCUT2D eigenvalue weighted by Crippen LogP contribution is -2.36. The first-order valence-electron chi connectivity index (χ1n) is 7.27. The number of likely N-dealkylation sites (N-methyl/N-ethyl adjacent to an activating group) is 1. The Morgan fingerprint density at radius 2 is 2.23 bits per heavy atom. The minimum Gasteiger partial charge on any atom is -0.303 e. The molecule has 7 heteroatoms. The monoisotopic (exact) mass is 297 g/mol. The first-order chi connectivity index (χ1) is 10.7. The van der Waals surface area contributed by atoms with Crippen LogP contribution in [0.3, 0.4) is 0 Å². The van der Waals surface area contributed by atoms with Gasteiger partial charge in [0.05, 0.1) is 23.5 Å². The van der Waals surface area contributed by atoms with Crippen molar-refractivity contribution in [1.82, 2.24) is 29.8 Å². The molecule has 22 heavy (non-hydrogen) atoms. The maximum Gasteiger partial charge on any atom is 0.101 e. The van der Waals surface area contributed by atoms with E-state index in [0.717, 1.165) is 25.3 Å². The van der Waals surface area contributed by atoms with Gasteiger partial charge in [-0.1, -0.05) is 5.21 Å². The lowest BCUT2D eigenvalue weighted by atomic mass is 10.1. The second-order valence-electron chi connectivity index (χ2n) is 5.83. The molecule has 1 saturated heterocycles. The highest BCUT2D eigenvalue weighted by molar-refractivity contribution is 5.26. The number of nitrogens with zero attached hydrogens (tertiary/aromatic N) is 7. The molecule has 0 aliphatic carbocycles. The van der Waals surface area contributed by atoms with Crippen molar-refractivity contribution in [2.45, 2.75) is 18.6 Å². The molecule has 0 spiro atoms. The van der Waals surface area contributed by atoms with Gasteiger partial charge in [-0.2, -0.15) is 5.26 Å². The highest BCUT2D eigenvalue weighted by atomic mass is 15.5. The fraction of sp³-hybridized carbons (Fsp3) is 0.467. The van der Waals surface area contributed by atoms with E-state index in [1.165, 1.54) is 0 Å². The normalized spacial score (nSPS) is 22.1. The van der Waals surface area contributed by atoms with Crippen molar-refractivity contribution in [2.24, 2.45) is 0 Å². The molecule has 1 aliphatic rings.